The third-order valence-corrected chi connectivity index (χ3v) is 1.58. The van der Waals surface area contributed by atoms with Gasteiger partial charge in [-0.1, -0.05) is 37.0 Å². The van der Waals surface area contributed by atoms with Crippen LogP contribution in [0.1, 0.15) is 0 Å². The van der Waals surface area contributed by atoms with Crippen LogP contribution in [0.3, 0.4) is 0 Å². The summed E-state index contributed by atoms with van der Waals surface area (Å²) < 4.78 is 0. The Morgan fingerprint density at radius 2 is 2.33 bits per heavy atom. The van der Waals surface area contributed by atoms with Crippen molar-refractivity contribution >= 4 is 6.21 Å². The van der Waals surface area contributed by atoms with Gasteiger partial charge in [-0.3, -0.25) is 0 Å². The fourth-order valence-electron chi connectivity index (χ4n) is 1.01. The van der Waals surface area contributed by atoms with Crippen molar-refractivity contribution in [3.8, 4) is 0 Å². The first kappa shape index (κ1) is 8.51. The molecule has 0 saturated heterocycles. The lowest BCUT2D eigenvalue weighted by Gasteiger charge is -1.96. The second-order valence-corrected chi connectivity index (χ2v) is 2.50. The minimum atomic E-state index is 0.0969. The molecule has 1 heteroatoms. The van der Waals surface area contributed by atoms with Crippen LogP contribution in [-0.2, 0) is 0 Å². The predicted octanol–water partition coefficient (Wildman–Crippen LogP) is 2.65. The van der Waals surface area contributed by atoms with E-state index >= 15 is 0 Å². The molecule has 0 aromatic carbocycles. The molecule has 1 aliphatic rings. The lowest BCUT2D eigenvalue weighted by molar-refractivity contribution is 1.15. The number of allylic oxidation sites excluding steroid dienone is 7. The Kier molecular flexibility index (Phi) is 3.06. The zero-order valence-electron chi connectivity index (χ0n) is 6.83. The molecule has 0 radical (unpaired) electrons. The average molecular weight is 157 g/mol. The van der Waals surface area contributed by atoms with Crippen molar-refractivity contribution in [2.45, 2.75) is 0 Å². The van der Waals surface area contributed by atoms with Gasteiger partial charge in [0.1, 0.15) is 0 Å². The number of hydrogen-bond donors (Lipinski definition) is 1. The summed E-state index contributed by atoms with van der Waals surface area (Å²) in [6.07, 6.45) is 13.0. The van der Waals surface area contributed by atoms with E-state index in [9.17, 15) is 0 Å². The second-order valence-electron chi connectivity index (χ2n) is 2.50. The van der Waals surface area contributed by atoms with Crippen LogP contribution in [0.4, 0.5) is 0 Å². The van der Waals surface area contributed by atoms with E-state index in [-0.39, 0.29) is 5.92 Å². The lowest BCUT2D eigenvalue weighted by Crippen LogP contribution is -1.91. The fourth-order valence-corrected chi connectivity index (χ4v) is 1.01. The van der Waals surface area contributed by atoms with Crippen molar-refractivity contribution in [1.29, 1.82) is 5.41 Å². The molecular formula is C11H11N. The molecule has 60 valence electrons. The first-order chi connectivity index (χ1) is 5.86. The highest BCUT2D eigenvalue weighted by atomic mass is 14.3. The molecule has 0 heterocycles. The van der Waals surface area contributed by atoms with Crippen molar-refractivity contribution < 1.29 is 0 Å². The first-order valence-electron chi connectivity index (χ1n) is 3.80. The molecule has 0 bridgehead atoms. The number of nitrogens with one attached hydrogen (secondary N) is 1. The number of hydrogen-bond acceptors (Lipinski definition) is 1. The maximum atomic E-state index is 7.12. The molecule has 1 N–H and O–H groups in total. The molecule has 1 atom stereocenters. The van der Waals surface area contributed by atoms with Crippen LogP contribution in [-0.4, -0.2) is 6.21 Å². The molecule has 1 nitrogen and oxygen atoms in total. The van der Waals surface area contributed by atoms with Crippen LogP contribution in [0.25, 0.3) is 0 Å². The van der Waals surface area contributed by atoms with Crippen LogP contribution < -0.4 is 0 Å². The molecule has 1 rings (SSSR count). The highest BCUT2D eigenvalue weighted by molar-refractivity contribution is 5.64. The molecule has 0 aromatic heterocycles. The molecule has 0 spiro atoms. The first-order valence-corrected chi connectivity index (χ1v) is 3.80. The molecule has 1 unspecified atom stereocenters. The zero-order valence-corrected chi connectivity index (χ0v) is 6.83. The number of rotatable bonds is 2. The summed E-state index contributed by atoms with van der Waals surface area (Å²) in [6.45, 7) is 3.50. The third kappa shape index (κ3) is 2.22. The van der Waals surface area contributed by atoms with Gasteiger partial charge in [-0.05, 0) is 11.6 Å². The highest BCUT2D eigenvalue weighted by Gasteiger charge is 1.98. The summed E-state index contributed by atoms with van der Waals surface area (Å²) in [7, 11) is 0. The minimum Gasteiger partial charge on any atom is -0.312 e. The van der Waals surface area contributed by atoms with Gasteiger partial charge in [0, 0.05) is 12.1 Å². The molecule has 0 saturated carbocycles. The van der Waals surface area contributed by atoms with Gasteiger partial charge in [0.2, 0.25) is 0 Å². The van der Waals surface area contributed by atoms with Gasteiger partial charge in [-0.25, -0.2) is 0 Å². The Morgan fingerprint density at radius 1 is 1.50 bits per heavy atom. The molecule has 12 heavy (non-hydrogen) atoms. The predicted molar refractivity (Wildman–Crippen MR) is 52.3 cm³/mol. The Morgan fingerprint density at radius 3 is 3.00 bits per heavy atom. The van der Waals surface area contributed by atoms with Crippen LogP contribution >= 0.6 is 0 Å². The molecule has 0 aromatic rings. The van der Waals surface area contributed by atoms with E-state index in [4.69, 9.17) is 5.41 Å². The summed E-state index contributed by atoms with van der Waals surface area (Å²) >= 11 is 0. The standard InChI is InChI=1S/C11H11N/c1-2-5-10-6-3-4-7-11(8-10)9-12/h3-9,11-12H,1H2. The Bertz CT molecular complexity index is 299. The highest BCUT2D eigenvalue weighted by Crippen LogP contribution is 2.10. The van der Waals surface area contributed by atoms with Gasteiger partial charge in [0.05, 0.1) is 0 Å². The van der Waals surface area contributed by atoms with E-state index in [0.29, 0.717) is 0 Å². The van der Waals surface area contributed by atoms with Crippen LogP contribution in [0, 0.1) is 11.3 Å². The largest absolute Gasteiger partial charge is 0.312 e. The van der Waals surface area contributed by atoms with Crippen molar-refractivity contribution in [2.24, 2.45) is 5.92 Å². The molecule has 0 amide bonds. The molecule has 0 aliphatic heterocycles. The zero-order chi connectivity index (χ0) is 8.81. The lowest BCUT2D eigenvalue weighted by atomic mass is 10.1. The second kappa shape index (κ2) is 4.32. The Labute approximate surface area is 72.6 Å². The van der Waals surface area contributed by atoms with Gasteiger partial charge in [0.25, 0.3) is 0 Å². The minimum absolute atomic E-state index is 0.0969. The monoisotopic (exact) mass is 157 g/mol. The van der Waals surface area contributed by atoms with E-state index in [0.717, 1.165) is 5.57 Å². The van der Waals surface area contributed by atoms with Gasteiger partial charge in [-0.2, -0.15) is 0 Å². The Hall–Kier alpha value is -1.59. The van der Waals surface area contributed by atoms with E-state index < -0.39 is 0 Å². The molecule has 0 fully saturated rings. The Balaban J connectivity index is 2.92. The summed E-state index contributed by atoms with van der Waals surface area (Å²) in [5, 5.41) is 7.12. The quantitative estimate of drug-likeness (QED) is 0.470. The smallest absolute Gasteiger partial charge is 0.0307 e. The van der Waals surface area contributed by atoms with Gasteiger partial charge in [-0.15, -0.1) is 5.73 Å². The van der Waals surface area contributed by atoms with E-state index in [2.05, 4.69) is 12.3 Å². The average Bonchev–Trinajstić information content (AvgIpc) is 2.30. The van der Waals surface area contributed by atoms with Crippen molar-refractivity contribution in [3.05, 3.63) is 54.3 Å². The maximum absolute atomic E-state index is 7.12. The molecular weight excluding hydrogens is 146 g/mol. The van der Waals surface area contributed by atoms with E-state index in [1.54, 1.807) is 6.08 Å². The van der Waals surface area contributed by atoms with Gasteiger partial charge < -0.3 is 5.41 Å². The van der Waals surface area contributed by atoms with Crippen molar-refractivity contribution in [3.63, 3.8) is 0 Å². The van der Waals surface area contributed by atoms with E-state index in [1.165, 1.54) is 6.21 Å². The fraction of sp³-hybridized carbons (Fsp3) is 0.0909. The maximum Gasteiger partial charge on any atom is 0.0307 e. The van der Waals surface area contributed by atoms with Crippen molar-refractivity contribution in [1.82, 2.24) is 0 Å². The molecule has 1 aliphatic carbocycles. The summed E-state index contributed by atoms with van der Waals surface area (Å²) in [5.74, 6) is 0.0969. The normalized spacial score (nSPS) is 20.7. The summed E-state index contributed by atoms with van der Waals surface area (Å²) in [5.41, 5.74) is 3.76. The van der Waals surface area contributed by atoms with Crippen LogP contribution in [0.2, 0.25) is 0 Å². The van der Waals surface area contributed by atoms with Crippen LogP contribution in [0.5, 0.6) is 0 Å². The van der Waals surface area contributed by atoms with Crippen LogP contribution in [0.15, 0.2) is 54.3 Å². The van der Waals surface area contributed by atoms with E-state index in [1.807, 2.05) is 30.4 Å². The van der Waals surface area contributed by atoms with Crippen molar-refractivity contribution in [2.75, 3.05) is 0 Å². The summed E-state index contributed by atoms with van der Waals surface area (Å²) in [6, 6.07) is 0. The van der Waals surface area contributed by atoms with Gasteiger partial charge >= 0.3 is 0 Å². The van der Waals surface area contributed by atoms with Gasteiger partial charge in [0.15, 0.2) is 0 Å². The topological polar surface area (TPSA) is 23.9 Å². The SMILES string of the molecule is C=C=CC1=CC(C=N)C=CC=C1. The summed E-state index contributed by atoms with van der Waals surface area (Å²) in [4.78, 5) is 0. The third-order valence-electron chi connectivity index (χ3n) is 1.58.